The predicted octanol–water partition coefficient (Wildman–Crippen LogP) is 4.39. The first-order chi connectivity index (χ1) is 11.2. The first-order valence-corrected chi connectivity index (χ1v) is 7.57. The topological polar surface area (TPSA) is 66.0 Å². The molecule has 1 aromatic carbocycles. The summed E-state index contributed by atoms with van der Waals surface area (Å²) in [6.07, 6.45) is -4.58. The molecular weight excluding hydrogens is 389 g/mol. The van der Waals surface area contributed by atoms with Crippen molar-refractivity contribution in [2.75, 3.05) is 0 Å². The second-order valence-electron chi connectivity index (χ2n) is 5.19. The first-order valence-electron chi connectivity index (χ1n) is 6.78. The van der Waals surface area contributed by atoms with E-state index in [-0.39, 0.29) is 22.6 Å². The molecular formula is C16H10BrF3N2O2. The number of nitrogens with zero attached hydrogens (tertiary/aromatic N) is 1. The lowest BCUT2D eigenvalue weighted by Gasteiger charge is -2.12. The van der Waals surface area contributed by atoms with Crippen molar-refractivity contribution in [1.29, 1.82) is 0 Å². The number of alkyl halides is 3. The zero-order valence-corrected chi connectivity index (χ0v) is 13.8. The van der Waals surface area contributed by atoms with E-state index in [1.807, 2.05) is 0 Å². The maximum atomic E-state index is 12.7. The fraction of sp³-hybridized carbons (Fsp3) is 0.125. The minimum absolute atomic E-state index is 0.0000261. The molecule has 0 fully saturated rings. The second-order valence-corrected chi connectivity index (χ2v) is 6.11. The van der Waals surface area contributed by atoms with Crippen LogP contribution in [0.3, 0.4) is 0 Å². The van der Waals surface area contributed by atoms with Gasteiger partial charge in [-0.1, -0.05) is 22.0 Å². The van der Waals surface area contributed by atoms with Crippen LogP contribution in [0, 0.1) is 6.92 Å². The van der Waals surface area contributed by atoms with Gasteiger partial charge in [-0.15, -0.1) is 0 Å². The van der Waals surface area contributed by atoms with Crippen molar-refractivity contribution in [2.24, 2.45) is 0 Å². The Hall–Kier alpha value is -2.35. The molecule has 0 radical (unpaired) electrons. The van der Waals surface area contributed by atoms with Crippen molar-refractivity contribution in [3.63, 3.8) is 0 Å². The van der Waals surface area contributed by atoms with Crippen LogP contribution in [0.5, 0.6) is 5.75 Å². The minimum Gasteiger partial charge on any atom is -0.506 e. The molecule has 0 aliphatic heterocycles. The molecule has 0 atom stereocenters. The maximum Gasteiger partial charge on any atom is 0.433 e. The molecule has 124 valence electrons. The van der Waals surface area contributed by atoms with Gasteiger partial charge in [-0.2, -0.15) is 13.2 Å². The molecule has 0 amide bonds. The Kier molecular flexibility index (Phi) is 3.87. The van der Waals surface area contributed by atoms with Gasteiger partial charge in [-0.3, -0.25) is 4.79 Å². The molecule has 2 aromatic heterocycles. The second kappa shape index (κ2) is 5.62. The fourth-order valence-electron chi connectivity index (χ4n) is 2.48. The maximum absolute atomic E-state index is 12.7. The van der Waals surface area contributed by atoms with E-state index in [0.29, 0.717) is 15.4 Å². The third-order valence-corrected chi connectivity index (χ3v) is 4.09. The highest BCUT2D eigenvalue weighted by Gasteiger charge is 2.33. The molecule has 0 bridgehead atoms. The molecule has 0 saturated heterocycles. The van der Waals surface area contributed by atoms with Gasteiger partial charge in [0.05, 0.1) is 11.1 Å². The zero-order chi connectivity index (χ0) is 17.6. The van der Waals surface area contributed by atoms with E-state index < -0.39 is 17.4 Å². The average molecular weight is 399 g/mol. The number of rotatable bonds is 1. The largest absolute Gasteiger partial charge is 0.506 e. The normalized spacial score (nSPS) is 11.9. The molecule has 0 aliphatic rings. The zero-order valence-electron chi connectivity index (χ0n) is 12.2. The molecule has 2 N–H and O–H groups in total. The highest BCUT2D eigenvalue weighted by atomic mass is 79.9. The Labute approximate surface area is 142 Å². The van der Waals surface area contributed by atoms with Crippen molar-refractivity contribution in [3.05, 3.63) is 56.5 Å². The van der Waals surface area contributed by atoms with Crippen molar-refractivity contribution in [3.8, 4) is 16.9 Å². The van der Waals surface area contributed by atoms with Gasteiger partial charge in [0.2, 0.25) is 0 Å². The van der Waals surface area contributed by atoms with E-state index in [2.05, 4.69) is 25.9 Å². The molecule has 24 heavy (non-hydrogen) atoms. The number of fused-ring (bicyclic) bond motifs is 1. The number of hydrogen-bond donors (Lipinski definition) is 2. The Morgan fingerprint density at radius 3 is 2.54 bits per heavy atom. The van der Waals surface area contributed by atoms with Gasteiger partial charge in [0.25, 0.3) is 5.56 Å². The first kappa shape index (κ1) is 16.5. The molecule has 4 nitrogen and oxygen atoms in total. The fourth-order valence-corrected chi connectivity index (χ4v) is 2.84. The van der Waals surface area contributed by atoms with Crippen LogP contribution in [-0.4, -0.2) is 15.1 Å². The summed E-state index contributed by atoms with van der Waals surface area (Å²) < 4.78 is 38.9. The monoisotopic (exact) mass is 398 g/mol. The number of aromatic nitrogens is 2. The van der Waals surface area contributed by atoms with Gasteiger partial charge in [0.1, 0.15) is 11.4 Å². The Morgan fingerprint density at radius 1 is 1.21 bits per heavy atom. The van der Waals surface area contributed by atoms with Crippen LogP contribution in [0.15, 0.2) is 39.6 Å². The van der Waals surface area contributed by atoms with Crippen molar-refractivity contribution in [1.82, 2.24) is 9.97 Å². The van der Waals surface area contributed by atoms with Crippen LogP contribution in [0.2, 0.25) is 0 Å². The smallest absolute Gasteiger partial charge is 0.433 e. The number of benzene rings is 1. The van der Waals surface area contributed by atoms with Crippen LogP contribution in [0.25, 0.3) is 22.0 Å². The van der Waals surface area contributed by atoms with Crippen LogP contribution >= 0.6 is 15.9 Å². The lowest BCUT2D eigenvalue weighted by molar-refractivity contribution is -0.141. The molecule has 0 unspecified atom stereocenters. The van der Waals surface area contributed by atoms with Gasteiger partial charge in [0.15, 0.2) is 0 Å². The van der Waals surface area contributed by atoms with Gasteiger partial charge in [-0.05, 0) is 31.2 Å². The lowest BCUT2D eigenvalue weighted by atomic mass is 10.0. The number of nitrogens with one attached hydrogen (secondary N) is 1. The van der Waals surface area contributed by atoms with E-state index in [4.69, 9.17) is 0 Å². The molecule has 0 saturated carbocycles. The minimum atomic E-state index is -4.58. The van der Waals surface area contributed by atoms with E-state index in [1.54, 1.807) is 18.2 Å². The molecule has 8 heteroatoms. The number of hydrogen-bond acceptors (Lipinski definition) is 3. The van der Waals surface area contributed by atoms with Crippen LogP contribution in [-0.2, 0) is 6.18 Å². The molecule has 3 rings (SSSR count). The van der Waals surface area contributed by atoms with E-state index in [0.717, 1.165) is 12.1 Å². The van der Waals surface area contributed by atoms with Gasteiger partial charge < -0.3 is 10.1 Å². The summed E-state index contributed by atoms with van der Waals surface area (Å²) >= 11 is 3.27. The SMILES string of the molecule is Cc1nc(C(F)(F)F)ccc1-c1c(O)c2cc(Br)ccc2[nH]c1=O. The Bertz CT molecular complexity index is 1010. The molecule has 3 aromatic rings. The Balaban J connectivity index is 2.29. The number of aromatic amines is 1. The number of pyridine rings is 2. The van der Waals surface area contributed by atoms with Crippen molar-refractivity contribution in [2.45, 2.75) is 13.1 Å². The average Bonchev–Trinajstić information content (AvgIpc) is 2.48. The standard InChI is InChI=1S/C16H10BrF3N2O2/c1-7-9(3-5-12(21-7)16(18,19)20)13-14(23)10-6-8(17)2-4-11(10)22-15(13)24/h2-6H,1H3,(H2,22,23,24). The number of H-pyrrole nitrogens is 1. The predicted molar refractivity (Wildman–Crippen MR) is 86.9 cm³/mol. The summed E-state index contributed by atoms with van der Waals surface area (Å²) in [7, 11) is 0. The lowest BCUT2D eigenvalue weighted by Crippen LogP contribution is -2.13. The van der Waals surface area contributed by atoms with E-state index in [1.165, 1.54) is 6.92 Å². The number of halogens is 4. The Morgan fingerprint density at radius 2 is 1.92 bits per heavy atom. The van der Waals surface area contributed by atoms with Crippen molar-refractivity contribution >= 4 is 26.8 Å². The van der Waals surface area contributed by atoms with E-state index in [9.17, 15) is 23.1 Å². The summed E-state index contributed by atoms with van der Waals surface area (Å²) in [6, 6.07) is 6.84. The molecule has 2 heterocycles. The van der Waals surface area contributed by atoms with E-state index >= 15 is 0 Å². The molecule has 0 spiro atoms. The summed E-state index contributed by atoms with van der Waals surface area (Å²) in [4.78, 5) is 18.4. The highest BCUT2D eigenvalue weighted by Crippen LogP contribution is 2.36. The van der Waals surface area contributed by atoms with Crippen LogP contribution in [0.1, 0.15) is 11.4 Å². The van der Waals surface area contributed by atoms with Crippen molar-refractivity contribution < 1.29 is 18.3 Å². The third kappa shape index (κ3) is 2.77. The summed E-state index contributed by atoms with van der Waals surface area (Å²) in [5, 5.41) is 10.8. The van der Waals surface area contributed by atoms with Gasteiger partial charge >= 0.3 is 6.18 Å². The van der Waals surface area contributed by atoms with Crippen LogP contribution < -0.4 is 5.56 Å². The summed E-state index contributed by atoms with van der Waals surface area (Å²) in [6.45, 7) is 1.36. The van der Waals surface area contributed by atoms with Crippen LogP contribution in [0.4, 0.5) is 13.2 Å². The quantitative estimate of drug-likeness (QED) is 0.638. The number of aryl methyl sites for hydroxylation is 1. The third-order valence-electron chi connectivity index (χ3n) is 3.59. The summed E-state index contributed by atoms with van der Waals surface area (Å²) in [5.41, 5.74) is -1.21. The summed E-state index contributed by atoms with van der Waals surface area (Å²) in [5.74, 6) is -0.306. The number of aromatic hydroxyl groups is 1. The van der Waals surface area contributed by atoms with Gasteiger partial charge in [-0.25, -0.2) is 4.98 Å². The van der Waals surface area contributed by atoms with Gasteiger partial charge in [0, 0.05) is 21.1 Å². The molecule has 0 aliphatic carbocycles. The highest BCUT2D eigenvalue weighted by molar-refractivity contribution is 9.10.